The summed E-state index contributed by atoms with van der Waals surface area (Å²) in [6.45, 7) is -0.115. The normalized spacial score (nSPS) is 10.6. The number of hydrogen-bond donors (Lipinski definition) is 1. The molecule has 0 aliphatic rings. The van der Waals surface area contributed by atoms with Crippen molar-refractivity contribution in [3.63, 3.8) is 0 Å². The van der Waals surface area contributed by atoms with Crippen LogP contribution in [-0.4, -0.2) is 38.6 Å². The third kappa shape index (κ3) is 4.72. The molecule has 0 unspecified atom stereocenters. The van der Waals surface area contributed by atoms with Gasteiger partial charge >= 0.3 is 0 Å². The summed E-state index contributed by atoms with van der Waals surface area (Å²) in [7, 11) is 0. The number of rotatable bonds is 7. The van der Waals surface area contributed by atoms with Gasteiger partial charge in [-0.05, 0) is 29.5 Å². The number of nitrogens with zero attached hydrogens (tertiary/aromatic N) is 5. The molecular weight excluding hydrogens is 351 g/mol. The molecule has 0 spiro atoms. The maximum atomic E-state index is 13.2. The van der Waals surface area contributed by atoms with Gasteiger partial charge in [-0.25, -0.2) is 4.39 Å². The minimum absolute atomic E-state index is 0.0246. The lowest BCUT2D eigenvalue weighted by Crippen LogP contribution is -2.37. The number of tetrazole rings is 1. The lowest BCUT2D eigenvalue weighted by Gasteiger charge is -2.22. The van der Waals surface area contributed by atoms with E-state index in [4.69, 9.17) is 5.73 Å². The van der Waals surface area contributed by atoms with Gasteiger partial charge in [-0.15, -0.1) is 10.2 Å². The highest BCUT2D eigenvalue weighted by Gasteiger charge is 2.19. The molecule has 3 rings (SSSR count). The first kappa shape index (κ1) is 18.2. The van der Waals surface area contributed by atoms with Crippen LogP contribution in [0.4, 0.5) is 10.1 Å². The van der Waals surface area contributed by atoms with E-state index in [2.05, 4.69) is 15.4 Å². The Hall–Kier alpha value is -3.62. The van der Waals surface area contributed by atoms with Crippen molar-refractivity contribution in [1.82, 2.24) is 20.2 Å². The molecule has 2 amide bonds. The standard InChI is InChI=1S/C18H17FN6O2/c19-14-6-8-15(9-7-14)24(11-10-16(20)26)17(27)12-25-22-18(21-23-25)13-4-2-1-3-5-13/h1-9H,10-12H2,(H2,20,26). The summed E-state index contributed by atoms with van der Waals surface area (Å²) < 4.78 is 13.2. The number of primary amides is 1. The Kier molecular flexibility index (Phi) is 5.50. The van der Waals surface area contributed by atoms with E-state index in [9.17, 15) is 14.0 Å². The molecule has 0 radical (unpaired) electrons. The van der Waals surface area contributed by atoms with Crippen molar-refractivity contribution in [3.05, 3.63) is 60.4 Å². The number of nitrogens with two attached hydrogens (primary N) is 1. The van der Waals surface area contributed by atoms with Gasteiger partial charge in [-0.1, -0.05) is 30.3 Å². The first-order chi connectivity index (χ1) is 13.0. The molecule has 138 valence electrons. The molecule has 2 N–H and O–H groups in total. The van der Waals surface area contributed by atoms with Crippen molar-refractivity contribution in [2.24, 2.45) is 5.73 Å². The van der Waals surface area contributed by atoms with Crippen molar-refractivity contribution in [2.45, 2.75) is 13.0 Å². The lowest BCUT2D eigenvalue weighted by atomic mass is 10.2. The number of benzene rings is 2. The number of aromatic nitrogens is 4. The van der Waals surface area contributed by atoms with E-state index in [0.29, 0.717) is 11.5 Å². The first-order valence-electron chi connectivity index (χ1n) is 8.20. The molecular formula is C18H17FN6O2. The highest BCUT2D eigenvalue weighted by Crippen LogP contribution is 2.16. The van der Waals surface area contributed by atoms with E-state index >= 15 is 0 Å². The highest BCUT2D eigenvalue weighted by molar-refractivity contribution is 5.93. The fourth-order valence-electron chi connectivity index (χ4n) is 2.46. The maximum Gasteiger partial charge on any atom is 0.250 e. The van der Waals surface area contributed by atoms with Gasteiger partial charge in [0.15, 0.2) is 0 Å². The predicted octanol–water partition coefficient (Wildman–Crippen LogP) is 1.39. The summed E-state index contributed by atoms with van der Waals surface area (Å²) in [4.78, 5) is 26.3. The minimum atomic E-state index is -0.542. The van der Waals surface area contributed by atoms with Gasteiger partial charge in [-0.2, -0.15) is 4.80 Å². The van der Waals surface area contributed by atoms with Crippen LogP contribution in [0.1, 0.15) is 6.42 Å². The molecule has 0 atom stereocenters. The molecule has 1 heterocycles. The molecule has 0 aliphatic heterocycles. The van der Waals surface area contributed by atoms with Crippen LogP contribution in [0.25, 0.3) is 11.4 Å². The molecule has 2 aromatic carbocycles. The minimum Gasteiger partial charge on any atom is -0.370 e. The van der Waals surface area contributed by atoms with Crippen LogP contribution in [0.5, 0.6) is 0 Å². The molecule has 3 aromatic rings. The van der Waals surface area contributed by atoms with Crippen molar-refractivity contribution >= 4 is 17.5 Å². The molecule has 27 heavy (non-hydrogen) atoms. The predicted molar refractivity (Wildman–Crippen MR) is 95.8 cm³/mol. The average Bonchev–Trinajstić information content (AvgIpc) is 3.12. The van der Waals surface area contributed by atoms with Crippen molar-refractivity contribution < 1.29 is 14.0 Å². The van der Waals surface area contributed by atoms with Crippen LogP contribution >= 0.6 is 0 Å². The summed E-state index contributed by atoms with van der Waals surface area (Å²) >= 11 is 0. The molecule has 0 saturated heterocycles. The first-order valence-corrected chi connectivity index (χ1v) is 8.20. The number of amides is 2. The van der Waals surface area contributed by atoms with E-state index in [1.807, 2.05) is 30.3 Å². The summed E-state index contributed by atoms with van der Waals surface area (Å²) in [6.07, 6.45) is -0.0246. The topological polar surface area (TPSA) is 107 Å². The smallest absolute Gasteiger partial charge is 0.250 e. The average molecular weight is 368 g/mol. The Bertz CT molecular complexity index is 927. The molecule has 0 bridgehead atoms. The van der Waals surface area contributed by atoms with E-state index in [0.717, 1.165) is 5.56 Å². The van der Waals surface area contributed by atoms with E-state index in [1.54, 1.807) is 0 Å². The van der Waals surface area contributed by atoms with Crippen molar-refractivity contribution in [1.29, 1.82) is 0 Å². The zero-order valence-electron chi connectivity index (χ0n) is 14.3. The Labute approximate surface area is 154 Å². The Morgan fingerprint density at radius 2 is 1.78 bits per heavy atom. The van der Waals surface area contributed by atoms with E-state index in [1.165, 1.54) is 34.0 Å². The SMILES string of the molecule is NC(=O)CCN(C(=O)Cn1nnc(-c2ccccc2)n1)c1ccc(F)cc1. The van der Waals surface area contributed by atoms with Gasteiger partial charge in [0.2, 0.25) is 11.7 Å². The summed E-state index contributed by atoms with van der Waals surface area (Å²) in [5, 5.41) is 12.0. The fraction of sp³-hybridized carbons (Fsp3) is 0.167. The van der Waals surface area contributed by atoms with Crippen LogP contribution < -0.4 is 10.6 Å². The van der Waals surface area contributed by atoms with Gasteiger partial charge in [0.05, 0.1) is 0 Å². The quantitative estimate of drug-likeness (QED) is 0.678. The van der Waals surface area contributed by atoms with Crippen LogP contribution in [0.15, 0.2) is 54.6 Å². The van der Waals surface area contributed by atoms with E-state index < -0.39 is 11.7 Å². The number of carbonyl (C=O) groups is 2. The Morgan fingerprint density at radius 1 is 1.07 bits per heavy atom. The summed E-state index contributed by atoms with van der Waals surface area (Å²) in [5.41, 5.74) is 6.41. The van der Waals surface area contributed by atoms with Crippen LogP contribution in [0.2, 0.25) is 0 Å². The molecule has 0 saturated carbocycles. The largest absolute Gasteiger partial charge is 0.370 e. The van der Waals surface area contributed by atoms with Crippen LogP contribution in [0, 0.1) is 5.82 Å². The Balaban J connectivity index is 1.77. The number of anilines is 1. The summed E-state index contributed by atoms with van der Waals surface area (Å²) in [6, 6.07) is 14.6. The highest BCUT2D eigenvalue weighted by atomic mass is 19.1. The zero-order chi connectivity index (χ0) is 19.2. The third-order valence-electron chi connectivity index (χ3n) is 3.78. The maximum absolute atomic E-state index is 13.2. The van der Waals surface area contributed by atoms with Gasteiger partial charge in [0, 0.05) is 24.2 Å². The molecule has 1 aromatic heterocycles. The van der Waals surface area contributed by atoms with Crippen molar-refractivity contribution in [2.75, 3.05) is 11.4 Å². The van der Waals surface area contributed by atoms with Gasteiger partial charge in [0.25, 0.3) is 5.91 Å². The second kappa shape index (κ2) is 8.17. The Morgan fingerprint density at radius 3 is 2.44 bits per heavy atom. The number of halogens is 1. The van der Waals surface area contributed by atoms with E-state index in [-0.39, 0.29) is 25.4 Å². The van der Waals surface area contributed by atoms with Crippen LogP contribution in [0.3, 0.4) is 0 Å². The second-order valence-corrected chi connectivity index (χ2v) is 5.75. The number of hydrogen-bond acceptors (Lipinski definition) is 5. The van der Waals surface area contributed by atoms with Gasteiger partial charge in [0.1, 0.15) is 12.4 Å². The number of carbonyl (C=O) groups excluding carboxylic acids is 2. The second-order valence-electron chi connectivity index (χ2n) is 5.75. The molecule has 8 nitrogen and oxygen atoms in total. The lowest BCUT2D eigenvalue weighted by molar-refractivity contribution is -0.120. The van der Waals surface area contributed by atoms with Gasteiger partial charge < -0.3 is 10.6 Å². The monoisotopic (exact) mass is 368 g/mol. The molecule has 0 fully saturated rings. The fourth-order valence-corrected chi connectivity index (χ4v) is 2.46. The van der Waals surface area contributed by atoms with Crippen LogP contribution in [-0.2, 0) is 16.1 Å². The van der Waals surface area contributed by atoms with Crippen molar-refractivity contribution in [3.8, 4) is 11.4 Å². The zero-order valence-corrected chi connectivity index (χ0v) is 14.3. The molecule has 0 aliphatic carbocycles. The third-order valence-corrected chi connectivity index (χ3v) is 3.78. The molecule has 9 heteroatoms. The summed E-state index contributed by atoms with van der Waals surface area (Å²) in [5.74, 6) is -0.944. The van der Waals surface area contributed by atoms with Gasteiger partial charge in [-0.3, -0.25) is 9.59 Å².